The molecule has 0 bridgehead atoms. The molecule has 5 heteroatoms. The van der Waals surface area contributed by atoms with Crippen molar-refractivity contribution >= 4 is 5.97 Å². The largest absolute Gasteiger partial charge is 0.477 e. The van der Waals surface area contributed by atoms with Crippen LogP contribution in [0.5, 0.6) is 0 Å². The number of rotatable bonds is 3. The molecule has 0 radical (unpaired) electrons. The van der Waals surface area contributed by atoms with Crippen molar-refractivity contribution in [3.05, 3.63) is 66.5 Å². The molecule has 3 heterocycles. The van der Waals surface area contributed by atoms with E-state index in [1.165, 1.54) is 6.07 Å². The maximum atomic E-state index is 11.0. The number of hydrogen-bond acceptors (Lipinski definition) is 4. The van der Waals surface area contributed by atoms with Gasteiger partial charge in [0, 0.05) is 6.20 Å². The Bertz CT molecular complexity index is 788. The van der Waals surface area contributed by atoms with Gasteiger partial charge < -0.3 is 5.11 Å². The summed E-state index contributed by atoms with van der Waals surface area (Å²) < 4.78 is 0. The highest BCUT2D eigenvalue weighted by Gasteiger charge is 2.08. The van der Waals surface area contributed by atoms with Gasteiger partial charge in [0.05, 0.1) is 22.8 Å². The first-order valence-electron chi connectivity index (χ1n) is 6.33. The summed E-state index contributed by atoms with van der Waals surface area (Å²) >= 11 is 0. The smallest absolute Gasteiger partial charge is 0.354 e. The summed E-state index contributed by atoms with van der Waals surface area (Å²) in [7, 11) is 0. The second-order valence-corrected chi connectivity index (χ2v) is 4.34. The van der Waals surface area contributed by atoms with Crippen molar-refractivity contribution in [2.75, 3.05) is 0 Å². The first kappa shape index (κ1) is 12.9. The van der Waals surface area contributed by atoms with Crippen LogP contribution in [0.15, 0.2) is 60.8 Å². The molecular formula is C16H11N3O2. The highest BCUT2D eigenvalue weighted by atomic mass is 16.4. The van der Waals surface area contributed by atoms with Gasteiger partial charge in [0.2, 0.25) is 0 Å². The van der Waals surface area contributed by atoms with E-state index in [0.29, 0.717) is 11.4 Å². The van der Waals surface area contributed by atoms with E-state index in [-0.39, 0.29) is 5.69 Å². The average molecular weight is 277 g/mol. The van der Waals surface area contributed by atoms with Crippen LogP contribution in [0.25, 0.3) is 22.8 Å². The molecule has 3 rings (SSSR count). The molecule has 0 aliphatic carbocycles. The minimum atomic E-state index is -1.06. The molecule has 0 amide bonds. The molecule has 1 N–H and O–H groups in total. The minimum Gasteiger partial charge on any atom is -0.477 e. The van der Waals surface area contributed by atoms with Gasteiger partial charge in [-0.1, -0.05) is 18.2 Å². The highest BCUT2D eigenvalue weighted by Crippen LogP contribution is 2.20. The van der Waals surface area contributed by atoms with Crippen LogP contribution in [0, 0.1) is 0 Å². The number of carbonyl (C=O) groups is 1. The molecule has 0 fully saturated rings. The van der Waals surface area contributed by atoms with E-state index in [2.05, 4.69) is 15.0 Å². The maximum Gasteiger partial charge on any atom is 0.354 e. The summed E-state index contributed by atoms with van der Waals surface area (Å²) in [6.45, 7) is 0. The molecule has 3 aromatic heterocycles. The van der Waals surface area contributed by atoms with Gasteiger partial charge in [-0.05, 0) is 36.4 Å². The summed E-state index contributed by atoms with van der Waals surface area (Å²) in [5.74, 6) is -1.06. The number of nitrogens with zero attached hydrogens (tertiary/aromatic N) is 3. The first-order valence-corrected chi connectivity index (χ1v) is 6.33. The number of pyridine rings is 3. The zero-order valence-electron chi connectivity index (χ0n) is 11.0. The van der Waals surface area contributed by atoms with Crippen molar-refractivity contribution in [3.63, 3.8) is 0 Å². The lowest BCUT2D eigenvalue weighted by molar-refractivity contribution is 0.0690. The normalized spacial score (nSPS) is 10.3. The van der Waals surface area contributed by atoms with Crippen LogP contribution in [0.1, 0.15) is 10.5 Å². The van der Waals surface area contributed by atoms with Gasteiger partial charge in [-0.2, -0.15) is 0 Å². The molecular weight excluding hydrogens is 266 g/mol. The fourth-order valence-electron chi connectivity index (χ4n) is 1.93. The second-order valence-electron chi connectivity index (χ2n) is 4.34. The third kappa shape index (κ3) is 2.76. The fraction of sp³-hybridized carbons (Fsp3) is 0. The van der Waals surface area contributed by atoms with Crippen molar-refractivity contribution in [3.8, 4) is 22.8 Å². The van der Waals surface area contributed by atoms with Gasteiger partial charge in [0.15, 0.2) is 0 Å². The summed E-state index contributed by atoms with van der Waals surface area (Å²) in [4.78, 5) is 23.8. The van der Waals surface area contributed by atoms with E-state index < -0.39 is 5.97 Å². The third-order valence-electron chi connectivity index (χ3n) is 2.91. The van der Waals surface area contributed by atoms with E-state index in [4.69, 9.17) is 5.11 Å². The molecule has 0 aliphatic rings. The second kappa shape index (κ2) is 5.50. The van der Waals surface area contributed by atoms with Gasteiger partial charge in [-0.3, -0.25) is 4.98 Å². The Labute approximate surface area is 121 Å². The Morgan fingerprint density at radius 2 is 1.38 bits per heavy atom. The predicted molar refractivity (Wildman–Crippen MR) is 77.7 cm³/mol. The maximum absolute atomic E-state index is 11.0. The van der Waals surface area contributed by atoms with Crippen molar-refractivity contribution < 1.29 is 9.90 Å². The van der Waals surface area contributed by atoms with Crippen LogP contribution in [-0.4, -0.2) is 26.0 Å². The van der Waals surface area contributed by atoms with E-state index in [0.717, 1.165) is 11.4 Å². The van der Waals surface area contributed by atoms with E-state index in [9.17, 15) is 4.79 Å². The van der Waals surface area contributed by atoms with E-state index >= 15 is 0 Å². The Kier molecular flexibility index (Phi) is 3.39. The van der Waals surface area contributed by atoms with Gasteiger partial charge in [0.1, 0.15) is 5.69 Å². The lowest BCUT2D eigenvalue weighted by Crippen LogP contribution is -2.01. The Morgan fingerprint density at radius 3 is 2.05 bits per heavy atom. The Morgan fingerprint density at radius 1 is 0.762 bits per heavy atom. The molecule has 0 atom stereocenters. The van der Waals surface area contributed by atoms with Crippen molar-refractivity contribution in [1.29, 1.82) is 0 Å². The highest BCUT2D eigenvalue weighted by molar-refractivity contribution is 5.86. The Hall–Kier alpha value is -3.08. The van der Waals surface area contributed by atoms with Crippen molar-refractivity contribution in [1.82, 2.24) is 15.0 Å². The fourth-order valence-corrected chi connectivity index (χ4v) is 1.93. The van der Waals surface area contributed by atoms with E-state index in [1.807, 2.05) is 30.3 Å². The minimum absolute atomic E-state index is 0.00228. The molecule has 0 unspecified atom stereocenters. The third-order valence-corrected chi connectivity index (χ3v) is 2.91. The van der Waals surface area contributed by atoms with Crippen LogP contribution < -0.4 is 0 Å². The van der Waals surface area contributed by atoms with Crippen molar-refractivity contribution in [2.45, 2.75) is 0 Å². The molecule has 5 nitrogen and oxygen atoms in total. The molecule has 0 saturated heterocycles. The molecule has 0 saturated carbocycles. The molecule has 102 valence electrons. The Balaban J connectivity index is 2.04. The van der Waals surface area contributed by atoms with Crippen LogP contribution in [-0.2, 0) is 0 Å². The number of aromatic carboxylic acids is 1. The predicted octanol–water partition coefficient (Wildman–Crippen LogP) is 2.90. The molecule has 21 heavy (non-hydrogen) atoms. The lowest BCUT2D eigenvalue weighted by Gasteiger charge is -2.04. The molecule has 0 aliphatic heterocycles. The van der Waals surface area contributed by atoms with Crippen LogP contribution in [0.4, 0.5) is 0 Å². The monoisotopic (exact) mass is 277 g/mol. The van der Waals surface area contributed by atoms with Gasteiger partial charge in [-0.15, -0.1) is 0 Å². The summed E-state index contributed by atoms with van der Waals surface area (Å²) in [6, 6.07) is 15.9. The topological polar surface area (TPSA) is 76.0 Å². The van der Waals surface area contributed by atoms with Gasteiger partial charge in [0.25, 0.3) is 0 Å². The number of carboxylic acids is 1. The first-order chi connectivity index (χ1) is 10.2. The summed E-state index contributed by atoms with van der Waals surface area (Å²) in [5.41, 5.74) is 2.61. The summed E-state index contributed by atoms with van der Waals surface area (Å²) in [6.07, 6.45) is 1.70. The van der Waals surface area contributed by atoms with Crippen LogP contribution >= 0.6 is 0 Å². The molecule has 0 aromatic carbocycles. The van der Waals surface area contributed by atoms with Crippen LogP contribution in [0.3, 0.4) is 0 Å². The SMILES string of the molecule is O=C(O)c1cccc(-c2cccc(-c3ccccn3)n2)n1. The van der Waals surface area contributed by atoms with E-state index in [1.54, 1.807) is 24.4 Å². The zero-order chi connectivity index (χ0) is 14.7. The number of carboxylic acid groups (broad SMARTS) is 1. The molecule has 3 aromatic rings. The number of hydrogen-bond donors (Lipinski definition) is 1. The van der Waals surface area contributed by atoms with Gasteiger partial charge in [-0.25, -0.2) is 14.8 Å². The lowest BCUT2D eigenvalue weighted by atomic mass is 10.2. The standard InChI is InChI=1S/C16H11N3O2/c20-16(21)15-9-4-8-14(19-15)13-7-3-6-12(18-13)11-5-1-2-10-17-11/h1-10H,(H,20,21). The average Bonchev–Trinajstić information content (AvgIpc) is 2.56. The van der Waals surface area contributed by atoms with Gasteiger partial charge >= 0.3 is 5.97 Å². The quantitative estimate of drug-likeness (QED) is 0.796. The van der Waals surface area contributed by atoms with Crippen molar-refractivity contribution in [2.24, 2.45) is 0 Å². The zero-order valence-corrected chi connectivity index (χ0v) is 11.0. The summed E-state index contributed by atoms with van der Waals surface area (Å²) in [5, 5.41) is 9.00. The molecule has 0 spiro atoms. The number of aromatic nitrogens is 3. The van der Waals surface area contributed by atoms with Crippen LogP contribution in [0.2, 0.25) is 0 Å².